The highest BCUT2D eigenvalue weighted by atomic mass is 32.2. The molecule has 1 amide bonds. The lowest BCUT2D eigenvalue weighted by molar-refractivity contribution is -0.148. The molecule has 0 aliphatic rings. The SMILES string of the molecule is CC(C(=O)O)N(C)C(=O)C(Cc1ccc(C#N)cc1)NS(=O)(=O)c1ccc2ccccc2c1. The number of sulfonamides is 1. The number of nitrogens with one attached hydrogen (secondary N) is 1. The number of nitriles is 1. The average molecular weight is 466 g/mol. The Kier molecular flexibility index (Phi) is 7.11. The van der Waals surface area contributed by atoms with Crippen LogP contribution in [0.5, 0.6) is 0 Å². The number of carboxylic acids is 1. The lowest BCUT2D eigenvalue weighted by Crippen LogP contribution is -2.52. The van der Waals surface area contributed by atoms with Crippen molar-refractivity contribution in [1.29, 1.82) is 5.26 Å². The molecule has 2 N–H and O–H groups in total. The summed E-state index contributed by atoms with van der Waals surface area (Å²) < 4.78 is 28.8. The quantitative estimate of drug-likeness (QED) is 0.526. The Morgan fingerprint density at radius 1 is 1.06 bits per heavy atom. The van der Waals surface area contributed by atoms with E-state index >= 15 is 0 Å². The smallest absolute Gasteiger partial charge is 0.326 e. The zero-order valence-electron chi connectivity index (χ0n) is 18.1. The van der Waals surface area contributed by atoms with Crippen molar-refractivity contribution in [2.45, 2.75) is 30.3 Å². The molecule has 33 heavy (non-hydrogen) atoms. The summed E-state index contributed by atoms with van der Waals surface area (Å²) in [6, 6.07) is 17.9. The van der Waals surface area contributed by atoms with Gasteiger partial charge in [0.15, 0.2) is 0 Å². The number of likely N-dealkylation sites (N-methyl/N-ethyl adjacent to an activating group) is 1. The monoisotopic (exact) mass is 465 g/mol. The first-order valence-corrected chi connectivity index (χ1v) is 11.6. The molecule has 0 radical (unpaired) electrons. The molecule has 0 aliphatic heterocycles. The molecule has 0 spiro atoms. The van der Waals surface area contributed by atoms with Crippen molar-refractivity contribution in [2.24, 2.45) is 0 Å². The van der Waals surface area contributed by atoms with E-state index in [4.69, 9.17) is 5.26 Å². The number of carboxylic acid groups (broad SMARTS) is 1. The van der Waals surface area contributed by atoms with Gasteiger partial charge < -0.3 is 10.0 Å². The summed E-state index contributed by atoms with van der Waals surface area (Å²) in [7, 11) is -2.79. The van der Waals surface area contributed by atoms with E-state index in [0.29, 0.717) is 11.1 Å². The highest BCUT2D eigenvalue weighted by molar-refractivity contribution is 7.89. The molecule has 0 saturated carbocycles. The Labute approximate surface area is 192 Å². The van der Waals surface area contributed by atoms with Crippen LogP contribution in [0.15, 0.2) is 71.6 Å². The van der Waals surface area contributed by atoms with Crippen molar-refractivity contribution in [1.82, 2.24) is 9.62 Å². The molecular formula is C24H23N3O5S. The number of amides is 1. The average Bonchev–Trinajstić information content (AvgIpc) is 2.82. The fraction of sp³-hybridized carbons (Fsp3) is 0.208. The first-order valence-electron chi connectivity index (χ1n) is 10.1. The highest BCUT2D eigenvalue weighted by Crippen LogP contribution is 2.20. The number of hydrogen-bond donors (Lipinski definition) is 2. The third-order valence-electron chi connectivity index (χ3n) is 5.44. The van der Waals surface area contributed by atoms with Gasteiger partial charge in [-0.1, -0.05) is 42.5 Å². The van der Waals surface area contributed by atoms with Crippen LogP contribution < -0.4 is 4.72 Å². The van der Waals surface area contributed by atoms with Crippen molar-refractivity contribution < 1.29 is 23.1 Å². The maximum atomic E-state index is 13.2. The molecule has 3 rings (SSSR count). The number of aliphatic carboxylic acids is 1. The molecule has 0 fully saturated rings. The third-order valence-corrected chi connectivity index (χ3v) is 6.90. The molecule has 0 aliphatic carbocycles. The standard InChI is InChI=1S/C24H23N3O5S/c1-16(24(29)30)27(2)23(28)22(13-17-7-9-18(15-25)10-8-17)26-33(31,32)21-12-11-19-5-3-4-6-20(19)14-21/h3-12,14,16,22,26H,13H2,1-2H3,(H,29,30). The highest BCUT2D eigenvalue weighted by Gasteiger charge is 2.32. The third kappa shape index (κ3) is 5.55. The molecule has 3 aromatic carbocycles. The van der Waals surface area contributed by atoms with Crippen LogP contribution in [0.4, 0.5) is 0 Å². The van der Waals surface area contributed by atoms with Crippen LogP contribution in [0.3, 0.4) is 0 Å². The van der Waals surface area contributed by atoms with E-state index in [-0.39, 0.29) is 11.3 Å². The number of fused-ring (bicyclic) bond motifs is 1. The fourth-order valence-electron chi connectivity index (χ4n) is 3.32. The van der Waals surface area contributed by atoms with Gasteiger partial charge in [0.2, 0.25) is 15.9 Å². The van der Waals surface area contributed by atoms with Gasteiger partial charge in [-0.2, -0.15) is 9.98 Å². The van der Waals surface area contributed by atoms with Gasteiger partial charge in [-0.15, -0.1) is 0 Å². The molecule has 0 aromatic heterocycles. The molecule has 170 valence electrons. The molecule has 0 heterocycles. The lowest BCUT2D eigenvalue weighted by atomic mass is 10.0. The second kappa shape index (κ2) is 9.81. The Bertz CT molecular complexity index is 1330. The van der Waals surface area contributed by atoms with Crippen molar-refractivity contribution in [3.05, 3.63) is 77.9 Å². The molecule has 2 atom stereocenters. The van der Waals surface area contributed by atoms with Crippen molar-refractivity contribution in [3.63, 3.8) is 0 Å². The zero-order valence-corrected chi connectivity index (χ0v) is 18.9. The summed E-state index contributed by atoms with van der Waals surface area (Å²) in [5.41, 5.74) is 1.04. The first kappa shape index (κ1) is 23.9. The number of benzene rings is 3. The normalized spacial score (nSPS) is 13.1. The zero-order chi connectivity index (χ0) is 24.2. The summed E-state index contributed by atoms with van der Waals surface area (Å²) in [5, 5.41) is 19.9. The fourth-order valence-corrected chi connectivity index (χ4v) is 4.55. The predicted octanol–water partition coefficient (Wildman–Crippen LogP) is 2.53. The summed E-state index contributed by atoms with van der Waals surface area (Å²) >= 11 is 0. The largest absolute Gasteiger partial charge is 0.480 e. The Morgan fingerprint density at radius 3 is 2.30 bits per heavy atom. The minimum absolute atomic E-state index is 0.00670. The van der Waals surface area contributed by atoms with Gasteiger partial charge in [-0.05, 0) is 53.9 Å². The lowest BCUT2D eigenvalue weighted by Gasteiger charge is -2.27. The van der Waals surface area contributed by atoms with Crippen LogP contribution in [0.2, 0.25) is 0 Å². The second-order valence-corrected chi connectivity index (χ2v) is 9.37. The van der Waals surface area contributed by atoms with Gasteiger partial charge in [-0.25, -0.2) is 13.2 Å². The van der Waals surface area contributed by atoms with Crippen LogP contribution in [0.1, 0.15) is 18.1 Å². The second-order valence-electron chi connectivity index (χ2n) is 7.66. The maximum Gasteiger partial charge on any atom is 0.326 e. The van der Waals surface area contributed by atoms with E-state index in [2.05, 4.69) is 4.72 Å². The van der Waals surface area contributed by atoms with E-state index in [1.807, 2.05) is 18.2 Å². The predicted molar refractivity (Wildman–Crippen MR) is 123 cm³/mol. The van der Waals surface area contributed by atoms with Crippen LogP contribution in [0.25, 0.3) is 10.8 Å². The van der Waals surface area contributed by atoms with Crippen LogP contribution >= 0.6 is 0 Å². The maximum absolute atomic E-state index is 13.2. The molecule has 8 nitrogen and oxygen atoms in total. The molecule has 2 unspecified atom stereocenters. The van der Waals surface area contributed by atoms with Gasteiger partial charge in [-0.3, -0.25) is 4.79 Å². The van der Waals surface area contributed by atoms with E-state index in [9.17, 15) is 23.1 Å². The molecular weight excluding hydrogens is 442 g/mol. The topological polar surface area (TPSA) is 128 Å². The van der Waals surface area contributed by atoms with E-state index < -0.39 is 34.0 Å². The van der Waals surface area contributed by atoms with Gasteiger partial charge in [0.25, 0.3) is 0 Å². The summed E-state index contributed by atoms with van der Waals surface area (Å²) in [6.07, 6.45) is -0.0198. The number of carbonyl (C=O) groups excluding carboxylic acids is 1. The minimum atomic E-state index is -4.11. The Balaban J connectivity index is 1.94. The minimum Gasteiger partial charge on any atom is -0.480 e. The Morgan fingerprint density at radius 2 is 1.70 bits per heavy atom. The molecule has 0 bridgehead atoms. The van der Waals surface area contributed by atoms with Crippen LogP contribution in [-0.4, -0.2) is 49.4 Å². The van der Waals surface area contributed by atoms with Crippen molar-refractivity contribution >= 4 is 32.7 Å². The van der Waals surface area contributed by atoms with Gasteiger partial charge in [0, 0.05) is 7.05 Å². The molecule has 3 aromatic rings. The summed E-state index contributed by atoms with van der Waals surface area (Å²) in [5.74, 6) is -1.89. The van der Waals surface area contributed by atoms with Crippen molar-refractivity contribution in [3.8, 4) is 6.07 Å². The van der Waals surface area contributed by atoms with Gasteiger partial charge in [0.05, 0.1) is 16.5 Å². The molecule has 9 heteroatoms. The van der Waals surface area contributed by atoms with Crippen molar-refractivity contribution in [2.75, 3.05) is 7.05 Å². The van der Waals surface area contributed by atoms with Crippen LogP contribution in [-0.2, 0) is 26.0 Å². The van der Waals surface area contributed by atoms with E-state index in [0.717, 1.165) is 15.7 Å². The Hall–Kier alpha value is -3.74. The first-order chi connectivity index (χ1) is 15.6. The number of rotatable bonds is 8. The van der Waals surface area contributed by atoms with E-state index in [1.165, 1.54) is 26.1 Å². The van der Waals surface area contributed by atoms with E-state index in [1.54, 1.807) is 42.5 Å². The number of carbonyl (C=O) groups is 2. The summed E-state index contributed by atoms with van der Waals surface area (Å²) in [6.45, 7) is 1.34. The summed E-state index contributed by atoms with van der Waals surface area (Å²) in [4.78, 5) is 25.5. The van der Waals surface area contributed by atoms with Crippen LogP contribution in [0, 0.1) is 11.3 Å². The van der Waals surface area contributed by atoms with Gasteiger partial charge in [0.1, 0.15) is 12.1 Å². The number of nitrogens with zero attached hydrogens (tertiary/aromatic N) is 2. The van der Waals surface area contributed by atoms with Gasteiger partial charge >= 0.3 is 5.97 Å². The molecule has 0 saturated heterocycles. The number of hydrogen-bond acceptors (Lipinski definition) is 5.